The number of nitrogens with two attached hydrogens (primary N) is 1. The minimum Gasteiger partial charge on any atom is -0.339 e. The SMILES string of the molecule is CCCC(N)c1noc(Cc2ccc(C(F)(F)F)cc2)n1. The molecule has 0 fully saturated rings. The summed E-state index contributed by atoms with van der Waals surface area (Å²) >= 11 is 0. The first-order valence-corrected chi connectivity index (χ1v) is 6.64. The molecule has 1 aromatic heterocycles. The molecule has 4 nitrogen and oxygen atoms in total. The fourth-order valence-corrected chi connectivity index (χ4v) is 1.92. The van der Waals surface area contributed by atoms with Crippen molar-refractivity contribution in [2.45, 2.75) is 38.4 Å². The van der Waals surface area contributed by atoms with E-state index in [1.807, 2.05) is 6.92 Å². The van der Waals surface area contributed by atoms with Crippen molar-refractivity contribution in [2.75, 3.05) is 0 Å². The van der Waals surface area contributed by atoms with Crippen molar-refractivity contribution in [3.8, 4) is 0 Å². The van der Waals surface area contributed by atoms with Gasteiger partial charge in [0, 0.05) is 0 Å². The lowest BCUT2D eigenvalue weighted by molar-refractivity contribution is -0.137. The van der Waals surface area contributed by atoms with Crippen LogP contribution >= 0.6 is 0 Å². The highest BCUT2D eigenvalue weighted by molar-refractivity contribution is 5.26. The molecule has 0 bridgehead atoms. The second-order valence-corrected chi connectivity index (χ2v) is 4.81. The Kier molecular flexibility index (Phi) is 4.62. The highest BCUT2D eigenvalue weighted by Crippen LogP contribution is 2.29. The Morgan fingerprint density at radius 3 is 2.48 bits per heavy atom. The van der Waals surface area contributed by atoms with Crippen LogP contribution in [0.15, 0.2) is 28.8 Å². The van der Waals surface area contributed by atoms with Crippen LogP contribution in [-0.2, 0) is 12.6 Å². The predicted molar refractivity (Wildman–Crippen MR) is 70.4 cm³/mol. The van der Waals surface area contributed by atoms with E-state index in [1.54, 1.807) is 0 Å². The zero-order valence-corrected chi connectivity index (χ0v) is 11.5. The van der Waals surface area contributed by atoms with E-state index in [0.717, 1.165) is 25.0 Å². The summed E-state index contributed by atoms with van der Waals surface area (Å²) in [5, 5.41) is 3.80. The van der Waals surface area contributed by atoms with Crippen LogP contribution in [0.4, 0.5) is 13.2 Å². The van der Waals surface area contributed by atoms with Gasteiger partial charge in [-0.3, -0.25) is 0 Å². The van der Waals surface area contributed by atoms with Crippen LogP contribution in [-0.4, -0.2) is 10.1 Å². The molecule has 2 aromatic rings. The van der Waals surface area contributed by atoms with Gasteiger partial charge in [-0.25, -0.2) is 0 Å². The molecular formula is C14H16F3N3O. The van der Waals surface area contributed by atoms with Crippen LogP contribution in [0, 0.1) is 0 Å². The largest absolute Gasteiger partial charge is 0.416 e. The van der Waals surface area contributed by atoms with Gasteiger partial charge in [-0.15, -0.1) is 0 Å². The van der Waals surface area contributed by atoms with Gasteiger partial charge in [-0.05, 0) is 24.1 Å². The summed E-state index contributed by atoms with van der Waals surface area (Å²) in [5.74, 6) is 0.773. The molecule has 0 saturated carbocycles. The minimum absolute atomic E-state index is 0.278. The number of nitrogens with zero attached hydrogens (tertiary/aromatic N) is 2. The van der Waals surface area contributed by atoms with Crippen molar-refractivity contribution in [3.05, 3.63) is 47.1 Å². The third-order valence-electron chi connectivity index (χ3n) is 3.05. The van der Waals surface area contributed by atoms with E-state index in [4.69, 9.17) is 10.3 Å². The van der Waals surface area contributed by atoms with E-state index in [1.165, 1.54) is 12.1 Å². The van der Waals surface area contributed by atoms with E-state index in [-0.39, 0.29) is 12.5 Å². The number of hydrogen-bond donors (Lipinski definition) is 1. The Labute approximate surface area is 120 Å². The van der Waals surface area contributed by atoms with E-state index in [2.05, 4.69) is 10.1 Å². The fourth-order valence-electron chi connectivity index (χ4n) is 1.92. The summed E-state index contributed by atoms with van der Waals surface area (Å²) < 4.78 is 42.4. The molecule has 0 amide bonds. The van der Waals surface area contributed by atoms with E-state index in [0.29, 0.717) is 17.3 Å². The van der Waals surface area contributed by atoms with Crippen LogP contribution in [0.2, 0.25) is 0 Å². The Hall–Kier alpha value is -1.89. The summed E-state index contributed by atoms with van der Waals surface area (Å²) in [6, 6.07) is 4.60. The van der Waals surface area contributed by atoms with Crippen LogP contribution in [0.3, 0.4) is 0 Å². The molecule has 0 aliphatic rings. The lowest BCUT2D eigenvalue weighted by atomic mass is 10.1. The van der Waals surface area contributed by atoms with Crippen LogP contribution in [0.1, 0.15) is 48.6 Å². The summed E-state index contributed by atoms with van der Waals surface area (Å²) in [6.45, 7) is 2.00. The zero-order chi connectivity index (χ0) is 15.5. The number of halogens is 3. The van der Waals surface area contributed by atoms with Gasteiger partial charge in [-0.2, -0.15) is 18.2 Å². The Bertz CT molecular complexity index is 578. The van der Waals surface area contributed by atoms with Gasteiger partial charge < -0.3 is 10.3 Å². The van der Waals surface area contributed by atoms with E-state index >= 15 is 0 Å². The van der Waals surface area contributed by atoms with Crippen molar-refractivity contribution in [3.63, 3.8) is 0 Å². The molecule has 0 radical (unpaired) electrons. The maximum Gasteiger partial charge on any atom is 0.416 e. The summed E-state index contributed by atoms with van der Waals surface area (Å²) in [6.07, 6.45) is -2.39. The number of aromatic nitrogens is 2. The number of rotatable bonds is 5. The molecule has 1 heterocycles. The molecule has 0 saturated heterocycles. The molecule has 0 aliphatic carbocycles. The predicted octanol–water partition coefficient (Wildman–Crippen LogP) is 3.48. The van der Waals surface area contributed by atoms with Gasteiger partial charge >= 0.3 is 6.18 Å². The summed E-state index contributed by atoms with van der Waals surface area (Å²) in [7, 11) is 0. The van der Waals surface area contributed by atoms with Crippen molar-refractivity contribution < 1.29 is 17.7 Å². The monoisotopic (exact) mass is 299 g/mol. The first kappa shape index (κ1) is 15.5. The van der Waals surface area contributed by atoms with Crippen molar-refractivity contribution >= 4 is 0 Å². The van der Waals surface area contributed by atoms with Crippen molar-refractivity contribution in [1.82, 2.24) is 10.1 Å². The number of alkyl halides is 3. The van der Waals surface area contributed by atoms with Gasteiger partial charge in [-0.1, -0.05) is 30.6 Å². The normalized spacial score (nSPS) is 13.4. The lowest BCUT2D eigenvalue weighted by Crippen LogP contribution is -2.11. The molecule has 114 valence electrons. The average Bonchev–Trinajstić information content (AvgIpc) is 2.87. The third kappa shape index (κ3) is 4.04. The van der Waals surface area contributed by atoms with Crippen molar-refractivity contribution in [2.24, 2.45) is 5.73 Å². The number of benzene rings is 1. The molecule has 7 heteroatoms. The maximum atomic E-state index is 12.5. The van der Waals surface area contributed by atoms with E-state index in [9.17, 15) is 13.2 Å². The summed E-state index contributed by atoms with van der Waals surface area (Å²) in [4.78, 5) is 4.17. The molecule has 1 atom stereocenters. The molecule has 1 aromatic carbocycles. The average molecular weight is 299 g/mol. The molecule has 1 unspecified atom stereocenters. The van der Waals surface area contributed by atoms with E-state index < -0.39 is 11.7 Å². The fraction of sp³-hybridized carbons (Fsp3) is 0.429. The Morgan fingerprint density at radius 2 is 1.90 bits per heavy atom. The molecule has 0 spiro atoms. The topological polar surface area (TPSA) is 64.9 Å². The standard InChI is InChI=1S/C14H16F3N3O/c1-2-3-11(18)13-19-12(21-20-13)8-9-4-6-10(7-5-9)14(15,16)17/h4-7,11H,2-3,8,18H2,1H3. The molecular weight excluding hydrogens is 283 g/mol. The van der Waals surface area contributed by atoms with Gasteiger partial charge in [0.25, 0.3) is 0 Å². The molecule has 0 aliphatic heterocycles. The third-order valence-corrected chi connectivity index (χ3v) is 3.05. The smallest absolute Gasteiger partial charge is 0.339 e. The first-order chi connectivity index (χ1) is 9.90. The van der Waals surface area contributed by atoms with Gasteiger partial charge in [0.05, 0.1) is 18.0 Å². The molecule has 21 heavy (non-hydrogen) atoms. The summed E-state index contributed by atoms with van der Waals surface area (Å²) in [5.41, 5.74) is 5.86. The Balaban J connectivity index is 2.05. The minimum atomic E-state index is -4.33. The first-order valence-electron chi connectivity index (χ1n) is 6.64. The van der Waals surface area contributed by atoms with Gasteiger partial charge in [0.15, 0.2) is 5.82 Å². The second kappa shape index (κ2) is 6.26. The van der Waals surface area contributed by atoms with Gasteiger partial charge in [0.1, 0.15) is 0 Å². The van der Waals surface area contributed by atoms with Crippen LogP contribution < -0.4 is 5.73 Å². The maximum absolute atomic E-state index is 12.5. The van der Waals surface area contributed by atoms with Crippen LogP contribution in [0.5, 0.6) is 0 Å². The highest BCUT2D eigenvalue weighted by atomic mass is 19.4. The van der Waals surface area contributed by atoms with Gasteiger partial charge in [0.2, 0.25) is 5.89 Å². The molecule has 2 rings (SSSR count). The van der Waals surface area contributed by atoms with Crippen molar-refractivity contribution in [1.29, 1.82) is 0 Å². The highest BCUT2D eigenvalue weighted by Gasteiger charge is 2.29. The molecule has 2 N–H and O–H groups in total. The number of hydrogen-bond acceptors (Lipinski definition) is 4. The lowest BCUT2D eigenvalue weighted by Gasteiger charge is -2.06. The zero-order valence-electron chi connectivity index (χ0n) is 11.5. The second-order valence-electron chi connectivity index (χ2n) is 4.81. The van der Waals surface area contributed by atoms with Crippen LogP contribution in [0.25, 0.3) is 0 Å². The Morgan fingerprint density at radius 1 is 1.24 bits per heavy atom. The quantitative estimate of drug-likeness (QED) is 0.918.